The Morgan fingerprint density at radius 3 is 3.00 bits per heavy atom. The van der Waals surface area contributed by atoms with Crippen molar-refractivity contribution in [2.24, 2.45) is 0 Å². The summed E-state index contributed by atoms with van der Waals surface area (Å²) in [6, 6.07) is 2.41. The Hall–Kier alpha value is -1.07. The summed E-state index contributed by atoms with van der Waals surface area (Å²) in [7, 11) is 0. The highest BCUT2D eigenvalue weighted by atomic mass is 32.1. The standard InChI is InChI=1S/C11H18N2O2S/c1-3-15-11(14)13-6-5-12-9(2)10-4-7-16-8-10/h4,7-9,12H,3,5-6H2,1-2H3,(H,13,14). The van der Waals surface area contributed by atoms with Crippen molar-refractivity contribution >= 4 is 17.4 Å². The molecule has 1 amide bonds. The van der Waals surface area contributed by atoms with Gasteiger partial charge in [0.15, 0.2) is 0 Å². The van der Waals surface area contributed by atoms with Crippen molar-refractivity contribution in [2.75, 3.05) is 19.7 Å². The Morgan fingerprint density at radius 1 is 1.56 bits per heavy atom. The van der Waals surface area contributed by atoms with Crippen molar-refractivity contribution in [2.45, 2.75) is 19.9 Å². The number of ether oxygens (including phenoxy) is 1. The lowest BCUT2D eigenvalue weighted by Gasteiger charge is -2.12. The van der Waals surface area contributed by atoms with Gasteiger partial charge in [-0.15, -0.1) is 0 Å². The van der Waals surface area contributed by atoms with Gasteiger partial charge in [0.05, 0.1) is 6.61 Å². The maximum atomic E-state index is 11.0. The van der Waals surface area contributed by atoms with E-state index in [4.69, 9.17) is 4.74 Å². The Morgan fingerprint density at radius 2 is 2.38 bits per heavy atom. The van der Waals surface area contributed by atoms with Gasteiger partial charge in [0.1, 0.15) is 0 Å². The Labute approximate surface area is 100 Å². The molecule has 1 atom stereocenters. The van der Waals surface area contributed by atoms with Crippen LogP contribution in [0.1, 0.15) is 25.5 Å². The molecule has 1 aromatic heterocycles. The summed E-state index contributed by atoms with van der Waals surface area (Å²) >= 11 is 1.69. The van der Waals surface area contributed by atoms with E-state index in [-0.39, 0.29) is 6.09 Å². The van der Waals surface area contributed by atoms with E-state index < -0.39 is 0 Å². The number of carbonyl (C=O) groups excluding carboxylic acids is 1. The highest BCUT2D eigenvalue weighted by Crippen LogP contribution is 2.14. The summed E-state index contributed by atoms with van der Waals surface area (Å²) in [5, 5.41) is 10.2. The van der Waals surface area contributed by atoms with Crippen molar-refractivity contribution in [1.29, 1.82) is 0 Å². The number of hydrogen-bond donors (Lipinski definition) is 2. The van der Waals surface area contributed by atoms with E-state index in [2.05, 4.69) is 34.4 Å². The number of carbonyl (C=O) groups is 1. The molecule has 1 heterocycles. The molecule has 0 aliphatic heterocycles. The lowest BCUT2D eigenvalue weighted by molar-refractivity contribution is 0.152. The van der Waals surface area contributed by atoms with E-state index >= 15 is 0 Å². The summed E-state index contributed by atoms with van der Waals surface area (Å²) in [5.41, 5.74) is 1.28. The van der Waals surface area contributed by atoms with E-state index in [1.54, 1.807) is 18.3 Å². The molecule has 0 spiro atoms. The molecule has 5 heteroatoms. The third-order valence-electron chi connectivity index (χ3n) is 2.16. The van der Waals surface area contributed by atoms with Crippen molar-refractivity contribution in [3.63, 3.8) is 0 Å². The number of alkyl carbamates (subject to hydrolysis) is 1. The van der Waals surface area contributed by atoms with Crippen LogP contribution in [0.25, 0.3) is 0 Å². The van der Waals surface area contributed by atoms with Crippen LogP contribution in [0.15, 0.2) is 16.8 Å². The molecule has 0 bridgehead atoms. The molecule has 1 aromatic rings. The lowest BCUT2D eigenvalue weighted by atomic mass is 10.2. The summed E-state index contributed by atoms with van der Waals surface area (Å²) in [4.78, 5) is 11.0. The minimum Gasteiger partial charge on any atom is -0.450 e. The van der Waals surface area contributed by atoms with Gasteiger partial charge in [-0.25, -0.2) is 4.79 Å². The monoisotopic (exact) mass is 242 g/mol. The van der Waals surface area contributed by atoms with Crippen LogP contribution in [0.2, 0.25) is 0 Å². The number of nitrogens with one attached hydrogen (secondary N) is 2. The van der Waals surface area contributed by atoms with E-state index in [9.17, 15) is 4.79 Å². The Balaban J connectivity index is 2.09. The maximum absolute atomic E-state index is 11.0. The second kappa shape index (κ2) is 7.24. The molecule has 0 aliphatic carbocycles. The first-order valence-corrected chi connectivity index (χ1v) is 6.34. The minimum absolute atomic E-state index is 0.315. The van der Waals surface area contributed by atoms with Gasteiger partial charge in [-0.3, -0.25) is 0 Å². The highest BCUT2D eigenvalue weighted by molar-refractivity contribution is 7.07. The molecule has 0 aliphatic rings. The molecule has 0 saturated carbocycles. The SMILES string of the molecule is CCOC(=O)NCCNC(C)c1ccsc1. The predicted molar refractivity (Wildman–Crippen MR) is 65.8 cm³/mol. The average molecular weight is 242 g/mol. The molecule has 1 unspecified atom stereocenters. The molecule has 16 heavy (non-hydrogen) atoms. The molecule has 0 radical (unpaired) electrons. The van der Waals surface area contributed by atoms with Gasteiger partial charge in [-0.2, -0.15) is 11.3 Å². The van der Waals surface area contributed by atoms with Crippen LogP contribution < -0.4 is 10.6 Å². The smallest absolute Gasteiger partial charge is 0.407 e. The molecule has 0 fully saturated rings. The second-order valence-electron chi connectivity index (χ2n) is 3.38. The van der Waals surface area contributed by atoms with Crippen molar-refractivity contribution in [3.05, 3.63) is 22.4 Å². The first-order valence-electron chi connectivity index (χ1n) is 5.40. The van der Waals surface area contributed by atoms with E-state index in [0.29, 0.717) is 19.2 Å². The quantitative estimate of drug-likeness (QED) is 0.751. The Bertz CT molecular complexity index is 301. The molecule has 90 valence electrons. The van der Waals surface area contributed by atoms with Crippen LogP contribution in [0.4, 0.5) is 4.79 Å². The number of thiophene rings is 1. The van der Waals surface area contributed by atoms with Gasteiger partial charge in [0.25, 0.3) is 0 Å². The minimum atomic E-state index is -0.354. The summed E-state index contributed by atoms with van der Waals surface area (Å²) < 4.78 is 4.75. The van der Waals surface area contributed by atoms with Gasteiger partial charge in [0, 0.05) is 19.1 Å². The highest BCUT2D eigenvalue weighted by Gasteiger charge is 2.04. The van der Waals surface area contributed by atoms with Crippen LogP contribution >= 0.6 is 11.3 Å². The van der Waals surface area contributed by atoms with Gasteiger partial charge in [0.2, 0.25) is 0 Å². The largest absolute Gasteiger partial charge is 0.450 e. The molecule has 1 rings (SSSR count). The molecular formula is C11H18N2O2S. The average Bonchev–Trinajstić information content (AvgIpc) is 2.78. The fraction of sp³-hybridized carbons (Fsp3) is 0.545. The molecule has 0 aromatic carbocycles. The zero-order valence-corrected chi connectivity index (χ0v) is 10.5. The predicted octanol–water partition coefficient (Wildman–Crippen LogP) is 2.14. The molecule has 2 N–H and O–H groups in total. The number of amides is 1. The van der Waals surface area contributed by atoms with Gasteiger partial charge in [-0.05, 0) is 36.2 Å². The van der Waals surface area contributed by atoms with Crippen molar-refractivity contribution < 1.29 is 9.53 Å². The topological polar surface area (TPSA) is 50.4 Å². The van der Waals surface area contributed by atoms with E-state index in [0.717, 1.165) is 6.54 Å². The fourth-order valence-corrected chi connectivity index (χ4v) is 2.03. The number of hydrogen-bond acceptors (Lipinski definition) is 4. The van der Waals surface area contributed by atoms with E-state index in [1.807, 2.05) is 0 Å². The van der Waals surface area contributed by atoms with Gasteiger partial charge >= 0.3 is 6.09 Å². The van der Waals surface area contributed by atoms with Crippen LogP contribution in [0.3, 0.4) is 0 Å². The second-order valence-corrected chi connectivity index (χ2v) is 4.16. The lowest BCUT2D eigenvalue weighted by Crippen LogP contribution is -2.33. The van der Waals surface area contributed by atoms with Crippen molar-refractivity contribution in [1.82, 2.24) is 10.6 Å². The molecule has 0 saturated heterocycles. The zero-order chi connectivity index (χ0) is 11.8. The summed E-state index contributed by atoms with van der Waals surface area (Å²) in [5.74, 6) is 0. The van der Waals surface area contributed by atoms with Crippen LogP contribution in [0.5, 0.6) is 0 Å². The van der Waals surface area contributed by atoms with Crippen molar-refractivity contribution in [3.8, 4) is 0 Å². The third kappa shape index (κ3) is 4.63. The summed E-state index contributed by atoms with van der Waals surface area (Å²) in [6.45, 7) is 5.61. The first-order chi connectivity index (χ1) is 7.74. The summed E-state index contributed by atoms with van der Waals surface area (Å²) in [6.07, 6.45) is -0.354. The van der Waals surface area contributed by atoms with E-state index in [1.165, 1.54) is 5.56 Å². The Kier molecular flexibility index (Phi) is 5.88. The fourth-order valence-electron chi connectivity index (χ4n) is 1.27. The van der Waals surface area contributed by atoms with Crippen LogP contribution in [0, 0.1) is 0 Å². The zero-order valence-electron chi connectivity index (χ0n) is 9.66. The van der Waals surface area contributed by atoms with Crippen LogP contribution in [-0.2, 0) is 4.74 Å². The van der Waals surface area contributed by atoms with Crippen LogP contribution in [-0.4, -0.2) is 25.8 Å². The maximum Gasteiger partial charge on any atom is 0.407 e. The first kappa shape index (κ1) is 13.0. The molecular weight excluding hydrogens is 224 g/mol. The van der Waals surface area contributed by atoms with Gasteiger partial charge < -0.3 is 15.4 Å². The third-order valence-corrected chi connectivity index (χ3v) is 2.86. The normalized spacial score (nSPS) is 12.1. The molecule has 4 nitrogen and oxygen atoms in total. The number of rotatable bonds is 6. The van der Waals surface area contributed by atoms with Gasteiger partial charge in [-0.1, -0.05) is 0 Å².